The van der Waals surface area contributed by atoms with Crippen molar-refractivity contribution in [2.24, 2.45) is 5.73 Å². The fourth-order valence-corrected chi connectivity index (χ4v) is 1.99. The van der Waals surface area contributed by atoms with E-state index in [0.29, 0.717) is 19.6 Å². The monoisotopic (exact) mass is 245 g/mol. The first-order valence-corrected chi connectivity index (χ1v) is 6.12. The number of ether oxygens (including phenoxy) is 1. The molecule has 0 radical (unpaired) electrons. The molecule has 2 N–H and O–H groups in total. The van der Waals surface area contributed by atoms with Gasteiger partial charge in [-0.1, -0.05) is 6.92 Å². The normalized spacial score (nSPS) is 14.8. The number of carbonyl (C=O) groups is 1. The molecular formula is C12H27N3O2. The summed E-state index contributed by atoms with van der Waals surface area (Å²) in [6, 6.07) is 0.355. The van der Waals surface area contributed by atoms with Crippen LogP contribution in [0, 0.1) is 0 Å². The molecule has 0 fully saturated rings. The van der Waals surface area contributed by atoms with E-state index < -0.39 is 0 Å². The number of hydrogen-bond donors (Lipinski definition) is 1. The molecule has 0 aliphatic rings. The van der Waals surface area contributed by atoms with Gasteiger partial charge in [0.1, 0.15) is 0 Å². The summed E-state index contributed by atoms with van der Waals surface area (Å²) < 4.78 is 5.16. The Morgan fingerprint density at radius 1 is 1.41 bits per heavy atom. The van der Waals surface area contributed by atoms with Gasteiger partial charge < -0.3 is 15.4 Å². The zero-order valence-electron chi connectivity index (χ0n) is 11.8. The number of nitrogens with two attached hydrogens (primary N) is 1. The van der Waals surface area contributed by atoms with Crippen molar-refractivity contribution >= 4 is 5.91 Å². The third-order valence-electron chi connectivity index (χ3n) is 2.99. The predicted octanol–water partition coefficient (Wildman–Crippen LogP) is 0.149. The van der Waals surface area contributed by atoms with E-state index in [4.69, 9.17) is 10.5 Å². The van der Waals surface area contributed by atoms with E-state index in [1.807, 2.05) is 0 Å². The zero-order valence-corrected chi connectivity index (χ0v) is 11.8. The number of amides is 1. The first-order valence-electron chi connectivity index (χ1n) is 6.12. The van der Waals surface area contributed by atoms with E-state index in [-0.39, 0.29) is 18.0 Å². The van der Waals surface area contributed by atoms with Gasteiger partial charge in [0, 0.05) is 46.3 Å². The second-order valence-corrected chi connectivity index (χ2v) is 4.52. The van der Waals surface area contributed by atoms with Crippen molar-refractivity contribution in [1.29, 1.82) is 0 Å². The first-order chi connectivity index (χ1) is 7.97. The van der Waals surface area contributed by atoms with E-state index in [1.165, 1.54) is 0 Å². The molecule has 2 unspecified atom stereocenters. The molecule has 0 aromatic rings. The molecule has 0 aliphatic carbocycles. The lowest BCUT2D eigenvalue weighted by Gasteiger charge is -2.34. The van der Waals surface area contributed by atoms with Gasteiger partial charge in [-0.2, -0.15) is 0 Å². The molecule has 5 heteroatoms. The zero-order chi connectivity index (χ0) is 13.4. The van der Waals surface area contributed by atoms with Gasteiger partial charge in [-0.3, -0.25) is 9.69 Å². The molecule has 1 amide bonds. The molecule has 102 valence electrons. The molecule has 2 atom stereocenters. The van der Waals surface area contributed by atoms with Gasteiger partial charge in [0.25, 0.3) is 0 Å². The van der Waals surface area contributed by atoms with Gasteiger partial charge >= 0.3 is 0 Å². The Morgan fingerprint density at radius 2 is 2.00 bits per heavy atom. The maximum Gasteiger partial charge on any atom is 0.223 e. The van der Waals surface area contributed by atoms with E-state index in [1.54, 1.807) is 26.1 Å². The Bertz CT molecular complexity index is 222. The number of likely N-dealkylation sites (N-methyl/N-ethyl adjacent to an activating group) is 1. The van der Waals surface area contributed by atoms with E-state index in [2.05, 4.69) is 18.7 Å². The van der Waals surface area contributed by atoms with Crippen molar-refractivity contribution in [3.8, 4) is 0 Å². The maximum absolute atomic E-state index is 11.7. The third-order valence-corrected chi connectivity index (χ3v) is 2.99. The molecule has 0 aliphatic heterocycles. The largest absolute Gasteiger partial charge is 0.383 e. The molecule has 0 bridgehead atoms. The summed E-state index contributed by atoms with van der Waals surface area (Å²) >= 11 is 0. The van der Waals surface area contributed by atoms with Crippen molar-refractivity contribution < 1.29 is 9.53 Å². The van der Waals surface area contributed by atoms with Crippen LogP contribution in [0.4, 0.5) is 0 Å². The lowest BCUT2D eigenvalue weighted by molar-refractivity contribution is -0.130. The van der Waals surface area contributed by atoms with Gasteiger partial charge in [-0.25, -0.2) is 0 Å². The maximum atomic E-state index is 11.7. The predicted molar refractivity (Wildman–Crippen MR) is 69.9 cm³/mol. The minimum Gasteiger partial charge on any atom is -0.383 e. The van der Waals surface area contributed by atoms with E-state index >= 15 is 0 Å². The second-order valence-electron chi connectivity index (χ2n) is 4.52. The molecular weight excluding hydrogens is 218 g/mol. The summed E-state index contributed by atoms with van der Waals surface area (Å²) in [7, 11) is 5.22. The van der Waals surface area contributed by atoms with Crippen molar-refractivity contribution in [3.63, 3.8) is 0 Å². The highest BCUT2D eigenvalue weighted by Crippen LogP contribution is 2.10. The molecule has 5 nitrogen and oxygen atoms in total. The topological polar surface area (TPSA) is 58.8 Å². The van der Waals surface area contributed by atoms with Crippen molar-refractivity contribution in [1.82, 2.24) is 9.80 Å². The van der Waals surface area contributed by atoms with Gasteiger partial charge in [0.05, 0.1) is 6.61 Å². The Labute approximate surface area is 105 Å². The SMILES string of the molecule is CCN(C(C)COC)C(CN)CC(=O)N(C)C. The summed E-state index contributed by atoms with van der Waals surface area (Å²) in [5.74, 6) is 0.114. The molecule has 17 heavy (non-hydrogen) atoms. The second kappa shape index (κ2) is 8.44. The van der Waals surface area contributed by atoms with E-state index in [0.717, 1.165) is 6.54 Å². The van der Waals surface area contributed by atoms with Gasteiger partial charge in [0.2, 0.25) is 5.91 Å². The third kappa shape index (κ3) is 5.48. The van der Waals surface area contributed by atoms with Crippen molar-refractivity contribution in [3.05, 3.63) is 0 Å². The molecule has 0 rings (SSSR count). The van der Waals surface area contributed by atoms with Crippen LogP contribution >= 0.6 is 0 Å². The van der Waals surface area contributed by atoms with Gasteiger partial charge in [-0.15, -0.1) is 0 Å². The number of rotatable bonds is 8. The van der Waals surface area contributed by atoms with Crippen LogP contribution in [0.2, 0.25) is 0 Å². The lowest BCUT2D eigenvalue weighted by Crippen LogP contribution is -2.49. The van der Waals surface area contributed by atoms with Crippen molar-refractivity contribution in [2.45, 2.75) is 32.4 Å². The molecule has 0 spiro atoms. The number of hydrogen-bond acceptors (Lipinski definition) is 4. The molecule has 0 aromatic heterocycles. The van der Waals surface area contributed by atoms with Crippen LogP contribution in [0.25, 0.3) is 0 Å². The highest BCUT2D eigenvalue weighted by molar-refractivity contribution is 5.76. The Hall–Kier alpha value is -0.650. The van der Waals surface area contributed by atoms with E-state index in [9.17, 15) is 4.79 Å². The number of carbonyl (C=O) groups excluding carboxylic acids is 1. The quantitative estimate of drug-likeness (QED) is 0.661. The van der Waals surface area contributed by atoms with Gasteiger partial charge in [-0.05, 0) is 13.5 Å². The summed E-state index contributed by atoms with van der Waals surface area (Å²) in [6.07, 6.45) is 0.464. The summed E-state index contributed by atoms with van der Waals surface area (Å²) in [5, 5.41) is 0. The van der Waals surface area contributed by atoms with Gasteiger partial charge in [0.15, 0.2) is 0 Å². The van der Waals surface area contributed by atoms with Crippen LogP contribution in [0.5, 0.6) is 0 Å². The standard InChI is InChI=1S/C12H27N3O2/c1-6-15(10(2)9-17-5)11(8-13)7-12(16)14(3)4/h10-11H,6-9,13H2,1-5H3. The number of methoxy groups -OCH3 is 1. The van der Waals surface area contributed by atoms with Crippen LogP contribution in [0.1, 0.15) is 20.3 Å². The molecule has 0 saturated heterocycles. The fraction of sp³-hybridized carbons (Fsp3) is 0.917. The van der Waals surface area contributed by atoms with Crippen LogP contribution in [-0.2, 0) is 9.53 Å². The van der Waals surface area contributed by atoms with Crippen LogP contribution < -0.4 is 5.73 Å². The minimum absolute atomic E-state index is 0.0834. The van der Waals surface area contributed by atoms with Crippen LogP contribution in [0.15, 0.2) is 0 Å². The first kappa shape index (κ1) is 16.4. The molecule has 0 aromatic carbocycles. The fourth-order valence-electron chi connectivity index (χ4n) is 1.99. The Morgan fingerprint density at radius 3 is 2.35 bits per heavy atom. The molecule has 0 heterocycles. The average Bonchev–Trinajstić information content (AvgIpc) is 2.28. The summed E-state index contributed by atoms with van der Waals surface area (Å²) in [5.41, 5.74) is 5.78. The summed E-state index contributed by atoms with van der Waals surface area (Å²) in [6.45, 7) is 6.18. The summed E-state index contributed by atoms with van der Waals surface area (Å²) in [4.78, 5) is 15.6. The van der Waals surface area contributed by atoms with Crippen LogP contribution in [-0.4, -0.2) is 68.7 Å². The Balaban J connectivity index is 4.53. The minimum atomic E-state index is 0.0834. The lowest BCUT2D eigenvalue weighted by atomic mass is 10.1. The smallest absolute Gasteiger partial charge is 0.223 e. The highest BCUT2D eigenvalue weighted by Gasteiger charge is 2.23. The van der Waals surface area contributed by atoms with Crippen molar-refractivity contribution in [2.75, 3.05) is 40.9 Å². The average molecular weight is 245 g/mol. The Kier molecular flexibility index (Phi) is 8.12. The number of nitrogens with zero attached hydrogens (tertiary/aromatic N) is 2. The highest BCUT2D eigenvalue weighted by atomic mass is 16.5. The molecule has 0 saturated carbocycles. The van der Waals surface area contributed by atoms with Crippen LogP contribution in [0.3, 0.4) is 0 Å².